The van der Waals surface area contributed by atoms with Crippen LogP contribution in [0.3, 0.4) is 0 Å². The molecule has 0 aromatic rings. The monoisotopic (exact) mass is 97.0 g/mol. The number of carboxylic acids is 1. The molecule has 0 spiro atoms. The lowest BCUT2D eigenvalue weighted by molar-refractivity contribution is -0.132. The zero-order valence-corrected chi connectivity index (χ0v) is 3.72. The van der Waals surface area contributed by atoms with Crippen LogP contribution in [0.5, 0.6) is 0 Å². The maximum absolute atomic E-state index is 9.72. The van der Waals surface area contributed by atoms with Crippen molar-refractivity contribution >= 4 is 5.97 Å². The van der Waals surface area contributed by atoms with E-state index in [0.29, 0.717) is 0 Å². The lowest BCUT2D eigenvalue weighted by atomic mass is 10.3. The number of carboxylic acid groups (broad SMARTS) is 1. The molecule has 2 nitrogen and oxygen atoms in total. The molecule has 1 radical (unpaired) electrons. The van der Waals surface area contributed by atoms with Gasteiger partial charge in [-0.25, -0.2) is 4.79 Å². The maximum atomic E-state index is 9.72. The Bertz CT molecular complexity index is 113. The van der Waals surface area contributed by atoms with E-state index in [2.05, 4.69) is 6.58 Å². The summed E-state index contributed by atoms with van der Waals surface area (Å²) < 4.78 is 0. The van der Waals surface area contributed by atoms with Gasteiger partial charge in [-0.15, -0.1) is 0 Å². The highest BCUT2D eigenvalue weighted by Crippen LogP contribution is 1.86. The molecule has 0 aromatic heterocycles. The maximum Gasteiger partial charge on any atom is 0.335 e. The zero-order valence-electron chi connectivity index (χ0n) is 3.72. The second kappa shape index (κ2) is 2.18. The zero-order chi connectivity index (χ0) is 5.86. The standard InChI is InChI=1S/C5H5O2/c1-3-4(2)5(6)7/h1,3H,2H2,(H,6,7). The van der Waals surface area contributed by atoms with Crippen LogP contribution in [-0.4, -0.2) is 11.1 Å². The Balaban J connectivity index is 3.81. The molecule has 37 valence electrons. The van der Waals surface area contributed by atoms with Crippen molar-refractivity contribution in [3.05, 3.63) is 24.8 Å². The third kappa shape index (κ3) is 1.76. The predicted octanol–water partition coefficient (Wildman–Crippen LogP) is 0.616. The Morgan fingerprint density at radius 2 is 2.29 bits per heavy atom. The second-order valence-electron chi connectivity index (χ2n) is 0.997. The molecule has 0 atom stereocenters. The van der Waals surface area contributed by atoms with Gasteiger partial charge in [0.05, 0.1) is 5.57 Å². The largest absolute Gasteiger partial charge is 0.478 e. The molecule has 2 heteroatoms. The highest BCUT2D eigenvalue weighted by molar-refractivity contribution is 5.88. The molecule has 1 N–H and O–H groups in total. The second-order valence-corrected chi connectivity index (χ2v) is 0.997. The van der Waals surface area contributed by atoms with Crippen LogP contribution in [0.2, 0.25) is 0 Å². The molecule has 0 amide bonds. The van der Waals surface area contributed by atoms with Crippen molar-refractivity contribution in [2.24, 2.45) is 0 Å². The highest BCUT2D eigenvalue weighted by atomic mass is 16.4. The SMILES string of the molecule is [CH]=CC(=C)C(=O)O. The van der Waals surface area contributed by atoms with Gasteiger partial charge in [0.25, 0.3) is 0 Å². The predicted molar refractivity (Wildman–Crippen MR) is 25.6 cm³/mol. The van der Waals surface area contributed by atoms with Crippen LogP contribution in [0.15, 0.2) is 18.2 Å². The Kier molecular flexibility index (Phi) is 1.85. The molecular weight excluding hydrogens is 92.1 g/mol. The van der Waals surface area contributed by atoms with Gasteiger partial charge in [0, 0.05) is 0 Å². The van der Waals surface area contributed by atoms with Crippen molar-refractivity contribution in [1.29, 1.82) is 0 Å². The lowest BCUT2D eigenvalue weighted by Crippen LogP contribution is -1.93. The third-order valence-electron chi connectivity index (χ3n) is 0.476. The van der Waals surface area contributed by atoms with Crippen LogP contribution in [0, 0.1) is 6.58 Å². The van der Waals surface area contributed by atoms with Gasteiger partial charge >= 0.3 is 5.97 Å². The van der Waals surface area contributed by atoms with Gasteiger partial charge in [-0.3, -0.25) is 0 Å². The molecule has 0 rings (SSSR count). The molecule has 0 unspecified atom stereocenters. The summed E-state index contributed by atoms with van der Waals surface area (Å²) in [5.74, 6) is -1.08. The molecule has 0 saturated heterocycles. The van der Waals surface area contributed by atoms with E-state index in [1.807, 2.05) is 0 Å². The van der Waals surface area contributed by atoms with Gasteiger partial charge < -0.3 is 5.11 Å². The summed E-state index contributed by atoms with van der Waals surface area (Å²) >= 11 is 0. The first kappa shape index (κ1) is 5.95. The van der Waals surface area contributed by atoms with Crippen molar-refractivity contribution in [2.75, 3.05) is 0 Å². The average Bonchev–Trinajstić information content (AvgIpc) is 1.65. The van der Waals surface area contributed by atoms with Crippen LogP contribution in [0.1, 0.15) is 0 Å². The van der Waals surface area contributed by atoms with Crippen LogP contribution >= 0.6 is 0 Å². The van der Waals surface area contributed by atoms with Gasteiger partial charge in [-0.05, 0) is 6.08 Å². The van der Waals surface area contributed by atoms with Gasteiger partial charge in [-0.2, -0.15) is 0 Å². The number of hydrogen-bond donors (Lipinski definition) is 1. The van der Waals surface area contributed by atoms with Crippen LogP contribution in [0.4, 0.5) is 0 Å². The van der Waals surface area contributed by atoms with Gasteiger partial charge in [0.15, 0.2) is 0 Å². The van der Waals surface area contributed by atoms with Crippen molar-refractivity contribution in [2.45, 2.75) is 0 Å². The highest BCUT2D eigenvalue weighted by Gasteiger charge is 1.93. The molecule has 0 aromatic carbocycles. The van der Waals surface area contributed by atoms with E-state index in [-0.39, 0.29) is 5.57 Å². The summed E-state index contributed by atoms with van der Waals surface area (Å²) in [5, 5.41) is 7.97. The molecule has 0 aliphatic heterocycles. The molecule has 0 aliphatic rings. The number of rotatable bonds is 2. The van der Waals surface area contributed by atoms with Gasteiger partial charge in [0.2, 0.25) is 0 Å². The summed E-state index contributed by atoms with van der Waals surface area (Å²) in [6.07, 6.45) is 0.947. The van der Waals surface area contributed by atoms with Crippen LogP contribution in [0.25, 0.3) is 0 Å². The summed E-state index contributed by atoms with van der Waals surface area (Å²) in [4.78, 5) is 9.72. The summed E-state index contributed by atoms with van der Waals surface area (Å²) in [6, 6.07) is 0. The topological polar surface area (TPSA) is 37.3 Å². The average molecular weight is 97.1 g/mol. The molecule has 0 heterocycles. The number of carbonyl (C=O) groups is 1. The number of hydrogen-bond acceptors (Lipinski definition) is 1. The Morgan fingerprint density at radius 1 is 1.86 bits per heavy atom. The molecule has 0 aliphatic carbocycles. The fraction of sp³-hybridized carbons (Fsp3) is 0. The molecule has 7 heavy (non-hydrogen) atoms. The first-order valence-corrected chi connectivity index (χ1v) is 1.65. The van der Waals surface area contributed by atoms with Gasteiger partial charge in [-0.1, -0.05) is 13.2 Å². The quantitative estimate of drug-likeness (QED) is 0.405. The minimum Gasteiger partial charge on any atom is -0.478 e. The lowest BCUT2D eigenvalue weighted by Gasteiger charge is -1.82. The van der Waals surface area contributed by atoms with Crippen LogP contribution in [-0.2, 0) is 4.79 Å². The van der Waals surface area contributed by atoms with Crippen molar-refractivity contribution in [1.82, 2.24) is 0 Å². The first-order chi connectivity index (χ1) is 3.18. The third-order valence-corrected chi connectivity index (χ3v) is 0.476. The summed E-state index contributed by atoms with van der Waals surface area (Å²) in [7, 11) is 0. The van der Waals surface area contributed by atoms with E-state index in [1.165, 1.54) is 0 Å². The van der Waals surface area contributed by atoms with Gasteiger partial charge in [0.1, 0.15) is 0 Å². The Labute approximate surface area is 41.8 Å². The van der Waals surface area contributed by atoms with E-state index in [0.717, 1.165) is 6.08 Å². The molecule has 0 bridgehead atoms. The molecular formula is C5H5O2. The van der Waals surface area contributed by atoms with Crippen molar-refractivity contribution in [3.63, 3.8) is 0 Å². The summed E-state index contributed by atoms with van der Waals surface area (Å²) in [5.41, 5.74) is -0.0833. The number of aliphatic carboxylic acids is 1. The minimum atomic E-state index is -1.08. The van der Waals surface area contributed by atoms with E-state index in [4.69, 9.17) is 11.7 Å². The van der Waals surface area contributed by atoms with E-state index in [9.17, 15) is 4.79 Å². The fourth-order valence-electron chi connectivity index (χ4n) is 0.0713. The molecule has 0 fully saturated rings. The van der Waals surface area contributed by atoms with Crippen LogP contribution < -0.4 is 0 Å². The first-order valence-electron chi connectivity index (χ1n) is 1.65. The normalized spacial score (nSPS) is 7.43. The Morgan fingerprint density at radius 3 is 2.29 bits per heavy atom. The molecule has 0 saturated carbocycles. The van der Waals surface area contributed by atoms with Crippen molar-refractivity contribution in [3.8, 4) is 0 Å². The van der Waals surface area contributed by atoms with E-state index < -0.39 is 5.97 Å². The minimum absolute atomic E-state index is 0.0833. The van der Waals surface area contributed by atoms with E-state index >= 15 is 0 Å². The Hall–Kier alpha value is -1.05. The smallest absolute Gasteiger partial charge is 0.335 e. The fourth-order valence-corrected chi connectivity index (χ4v) is 0.0713. The van der Waals surface area contributed by atoms with E-state index in [1.54, 1.807) is 0 Å². The summed E-state index contributed by atoms with van der Waals surface area (Å²) in [6.45, 7) is 7.86. The van der Waals surface area contributed by atoms with Crippen molar-refractivity contribution < 1.29 is 9.90 Å².